The van der Waals surface area contributed by atoms with Gasteiger partial charge in [0.05, 0.1) is 12.9 Å². The van der Waals surface area contributed by atoms with Crippen molar-refractivity contribution in [2.24, 2.45) is 0 Å². The van der Waals surface area contributed by atoms with Crippen LogP contribution in [-0.4, -0.2) is 47.4 Å². The molecule has 3 aromatic rings. The number of hydrogen-bond donors (Lipinski definition) is 0. The Morgan fingerprint density at radius 1 is 1.15 bits per heavy atom. The summed E-state index contributed by atoms with van der Waals surface area (Å²) in [6, 6.07) is 1.99. The van der Waals surface area contributed by atoms with Gasteiger partial charge in [-0.05, 0) is 32.8 Å². The van der Waals surface area contributed by atoms with E-state index in [1.807, 2.05) is 36.3 Å². The normalized spacial score (nSPS) is 15.5. The van der Waals surface area contributed by atoms with Crippen molar-refractivity contribution < 1.29 is 0 Å². The molecule has 136 valence electrons. The van der Waals surface area contributed by atoms with E-state index >= 15 is 0 Å². The van der Waals surface area contributed by atoms with Crippen molar-refractivity contribution in [1.29, 1.82) is 0 Å². The van der Waals surface area contributed by atoms with Crippen LogP contribution in [0.2, 0.25) is 0 Å². The third-order valence-corrected chi connectivity index (χ3v) is 5.00. The van der Waals surface area contributed by atoms with Gasteiger partial charge < -0.3 is 14.0 Å². The monoisotopic (exact) mass is 352 g/mol. The summed E-state index contributed by atoms with van der Waals surface area (Å²) in [6.45, 7) is 7.64. The van der Waals surface area contributed by atoms with E-state index < -0.39 is 0 Å². The number of rotatable bonds is 5. The maximum absolute atomic E-state index is 4.55. The summed E-state index contributed by atoms with van der Waals surface area (Å²) in [7, 11) is 0. The Hall–Kier alpha value is -2.77. The quantitative estimate of drug-likeness (QED) is 0.699. The van der Waals surface area contributed by atoms with Gasteiger partial charge in [0.1, 0.15) is 17.5 Å². The lowest BCUT2D eigenvalue weighted by Crippen LogP contribution is -2.34. The van der Waals surface area contributed by atoms with Gasteiger partial charge in [-0.15, -0.1) is 10.2 Å². The van der Waals surface area contributed by atoms with Crippen molar-refractivity contribution in [3.63, 3.8) is 0 Å². The Kier molecular flexibility index (Phi) is 4.64. The van der Waals surface area contributed by atoms with Crippen LogP contribution < -0.4 is 4.90 Å². The molecule has 26 heavy (non-hydrogen) atoms. The summed E-state index contributed by atoms with van der Waals surface area (Å²) in [5.74, 6) is 4.39. The van der Waals surface area contributed by atoms with Crippen molar-refractivity contribution in [3.8, 4) is 0 Å². The molecule has 4 rings (SSSR count). The van der Waals surface area contributed by atoms with Crippen LogP contribution in [0.1, 0.15) is 43.2 Å². The Labute approximate surface area is 152 Å². The highest BCUT2D eigenvalue weighted by Gasteiger charge is 2.26. The molecule has 0 atom stereocenters. The molecule has 1 fully saturated rings. The van der Waals surface area contributed by atoms with E-state index in [-0.39, 0.29) is 0 Å². The molecule has 0 unspecified atom stereocenters. The first-order valence-corrected chi connectivity index (χ1v) is 9.17. The summed E-state index contributed by atoms with van der Waals surface area (Å²) in [5, 5.41) is 8.99. The van der Waals surface area contributed by atoms with Crippen LogP contribution in [0.25, 0.3) is 0 Å². The van der Waals surface area contributed by atoms with Crippen molar-refractivity contribution in [3.05, 3.63) is 48.5 Å². The minimum Gasteiger partial charge on any atom is -0.356 e. The topological polar surface area (TPSA) is 77.5 Å². The molecule has 0 N–H and O–H groups in total. The van der Waals surface area contributed by atoms with Crippen LogP contribution >= 0.6 is 0 Å². The lowest BCUT2D eigenvalue weighted by Gasteiger charge is -2.32. The molecule has 3 aromatic heterocycles. The first-order valence-electron chi connectivity index (χ1n) is 9.17. The summed E-state index contributed by atoms with van der Waals surface area (Å²) in [4.78, 5) is 15.2. The molecule has 0 spiro atoms. The summed E-state index contributed by atoms with van der Waals surface area (Å²) in [6.07, 6.45) is 9.52. The largest absolute Gasteiger partial charge is 0.356 e. The molecule has 1 aliphatic heterocycles. The van der Waals surface area contributed by atoms with Crippen LogP contribution in [0, 0.1) is 6.92 Å². The molecular formula is C18H24N8. The van der Waals surface area contributed by atoms with Gasteiger partial charge >= 0.3 is 0 Å². The first kappa shape index (κ1) is 16.7. The lowest BCUT2D eigenvalue weighted by atomic mass is 9.96. The highest BCUT2D eigenvalue weighted by molar-refractivity contribution is 5.38. The second-order valence-corrected chi connectivity index (χ2v) is 6.68. The first-order chi connectivity index (χ1) is 12.7. The molecule has 1 aliphatic rings. The fourth-order valence-corrected chi connectivity index (χ4v) is 3.64. The van der Waals surface area contributed by atoms with E-state index in [0.717, 1.165) is 55.8 Å². The van der Waals surface area contributed by atoms with Crippen LogP contribution in [0.15, 0.2) is 31.0 Å². The molecule has 4 heterocycles. The van der Waals surface area contributed by atoms with Gasteiger partial charge in [0.2, 0.25) is 0 Å². The zero-order valence-corrected chi connectivity index (χ0v) is 15.3. The van der Waals surface area contributed by atoms with Gasteiger partial charge in [-0.25, -0.2) is 15.0 Å². The third-order valence-electron chi connectivity index (χ3n) is 5.00. The standard InChI is InChI=1S/C18H24N8/c1-3-26-17(12-24-11-8-19-13-24)22-23-18(26)15-5-9-25(10-6-15)16-4-7-20-14(2)21-16/h4,7-8,11,13,15H,3,5-6,9-10,12H2,1-2H3. The van der Waals surface area contributed by atoms with Crippen LogP contribution in [0.5, 0.6) is 0 Å². The van der Waals surface area contributed by atoms with Crippen molar-refractivity contribution >= 4 is 5.82 Å². The zero-order valence-electron chi connectivity index (χ0n) is 15.3. The highest BCUT2D eigenvalue weighted by Crippen LogP contribution is 2.29. The van der Waals surface area contributed by atoms with Gasteiger partial charge in [0.15, 0.2) is 5.82 Å². The Balaban J connectivity index is 1.46. The maximum Gasteiger partial charge on any atom is 0.153 e. The maximum atomic E-state index is 4.55. The number of imidazole rings is 1. The zero-order chi connectivity index (χ0) is 17.9. The van der Waals surface area contributed by atoms with E-state index in [1.54, 1.807) is 6.20 Å². The highest BCUT2D eigenvalue weighted by atomic mass is 15.3. The van der Waals surface area contributed by atoms with Crippen LogP contribution in [-0.2, 0) is 13.1 Å². The molecule has 0 aromatic carbocycles. The minimum atomic E-state index is 0.443. The average Bonchev–Trinajstić information content (AvgIpc) is 3.32. The predicted molar refractivity (Wildman–Crippen MR) is 98.0 cm³/mol. The van der Waals surface area contributed by atoms with Gasteiger partial charge in [-0.2, -0.15) is 0 Å². The second-order valence-electron chi connectivity index (χ2n) is 6.68. The van der Waals surface area contributed by atoms with E-state index in [9.17, 15) is 0 Å². The van der Waals surface area contributed by atoms with Crippen molar-refractivity contribution in [1.82, 2.24) is 34.3 Å². The van der Waals surface area contributed by atoms with E-state index in [2.05, 4.69) is 41.5 Å². The second kappa shape index (κ2) is 7.23. The number of hydrogen-bond acceptors (Lipinski definition) is 6. The fraction of sp³-hybridized carbons (Fsp3) is 0.500. The van der Waals surface area contributed by atoms with E-state index in [4.69, 9.17) is 0 Å². The fourth-order valence-electron chi connectivity index (χ4n) is 3.64. The summed E-state index contributed by atoms with van der Waals surface area (Å²) in [5.41, 5.74) is 0. The molecule has 0 saturated carbocycles. The van der Waals surface area contributed by atoms with Gasteiger partial charge in [-0.1, -0.05) is 0 Å². The van der Waals surface area contributed by atoms with Crippen molar-refractivity contribution in [2.45, 2.75) is 45.7 Å². The number of piperidine rings is 1. The molecule has 8 heteroatoms. The molecule has 0 aliphatic carbocycles. The lowest BCUT2D eigenvalue weighted by molar-refractivity contribution is 0.461. The van der Waals surface area contributed by atoms with Gasteiger partial charge in [-0.3, -0.25) is 0 Å². The van der Waals surface area contributed by atoms with E-state index in [0.29, 0.717) is 12.5 Å². The van der Waals surface area contributed by atoms with Gasteiger partial charge in [0, 0.05) is 44.1 Å². The summed E-state index contributed by atoms with van der Waals surface area (Å²) < 4.78 is 4.29. The SMILES string of the molecule is CCn1c(Cn2ccnc2)nnc1C1CCN(c2ccnc(C)n2)CC1. The Bertz CT molecular complexity index is 846. The molecule has 0 bridgehead atoms. The summed E-state index contributed by atoms with van der Waals surface area (Å²) >= 11 is 0. The number of anilines is 1. The van der Waals surface area contributed by atoms with E-state index in [1.165, 1.54) is 0 Å². The molecular weight excluding hydrogens is 328 g/mol. The van der Waals surface area contributed by atoms with Crippen LogP contribution in [0.4, 0.5) is 5.82 Å². The Morgan fingerprint density at radius 3 is 2.69 bits per heavy atom. The molecule has 0 amide bonds. The molecule has 1 saturated heterocycles. The molecule has 8 nitrogen and oxygen atoms in total. The van der Waals surface area contributed by atoms with Crippen LogP contribution in [0.3, 0.4) is 0 Å². The average molecular weight is 352 g/mol. The number of aromatic nitrogens is 7. The van der Waals surface area contributed by atoms with Crippen molar-refractivity contribution in [2.75, 3.05) is 18.0 Å². The minimum absolute atomic E-state index is 0.443. The predicted octanol–water partition coefficient (Wildman–Crippen LogP) is 2.03. The number of aryl methyl sites for hydroxylation is 1. The smallest absolute Gasteiger partial charge is 0.153 e. The molecule has 0 radical (unpaired) electrons. The number of nitrogens with zero attached hydrogens (tertiary/aromatic N) is 8. The Morgan fingerprint density at radius 2 is 2.00 bits per heavy atom. The van der Waals surface area contributed by atoms with Gasteiger partial charge in [0.25, 0.3) is 0 Å². The third kappa shape index (κ3) is 3.31.